The Labute approximate surface area is 108 Å². The third kappa shape index (κ3) is 2.49. The van der Waals surface area contributed by atoms with Gasteiger partial charge >= 0.3 is 0 Å². The molecule has 0 bridgehead atoms. The van der Waals surface area contributed by atoms with E-state index in [4.69, 9.17) is 5.73 Å². The van der Waals surface area contributed by atoms with Gasteiger partial charge in [-0.3, -0.25) is 9.89 Å². The standard InChI is InChI=1S/C13H22N4O/c1-3-7-17(8-4-2)13(18)12-10(14)11(15-16-12)9-5-6-9/h9H,3-8,14H2,1-2H3,(H,15,16). The van der Waals surface area contributed by atoms with Crippen LogP contribution in [0.25, 0.3) is 0 Å². The van der Waals surface area contributed by atoms with Gasteiger partial charge in [0.05, 0.1) is 11.4 Å². The average Bonchev–Trinajstić information content (AvgIpc) is 3.12. The van der Waals surface area contributed by atoms with E-state index in [1.807, 2.05) is 4.90 Å². The highest BCUT2D eigenvalue weighted by molar-refractivity contribution is 5.97. The summed E-state index contributed by atoms with van der Waals surface area (Å²) < 4.78 is 0. The number of nitrogens with zero attached hydrogens (tertiary/aromatic N) is 2. The van der Waals surface area contributed by atoms with Crippen LogP contribution in [0.15, 0.2) is 0 Å². The fourth-order valence-electron chi connectivity index (χ4n) is 2.21. The van der Waals surface area contributed by atoms with Crippen LogP contribution in [0.2, 0.25) is 0 Å². The second kappa shape index (κ2) is 5.42. The molecule has 1 saturated carbocycles. The van der Waals surface area contributed by atoms with Crippen LogP contribution in [0.1, 0.15) is 61.6 Å². The number of nitrogens with two attached hydrogens (primary N) is 1. The van der Waals surface area contributed by atoms with Gasteiger partial charge in [0.1, 0.15) is 0 Å². The van der Waals surface area contributed by atoms with Crippen LogP contribution in [0, 0.1) is 0 Å². The molecule has 0 unspecified atom stereocenters. The first-order valence-corrected chi connectivity index (χ1v) is 6.82. The lowest BCUT2D eigenvalue weighted by Gasteiger charge is -2.20. The lowest BCUT2D eigenvalue weighted by atomic mass is 10.2. The summed E-state index contributed by atoms with van der Waals surface area (Å²) in [5.41, 5.74) is 7.94. The number of anilines is 1. The molecule has 1 fully saturated rings. The van der Waals surface area contributed by atoms with Gasteiger partial charge in [0, 0.05) is 19.0 Å². The van der Waals surface area contributed by atoms with E-state index in [9.17, 15) is 4.79 Å². The van der Waals surface area contributed by atoms with Crippen molar-refractivity contribution in [3.63, 3.8) is 0 Å². The quantitative estimate of drug-likeness (QED) is 0.812. The lowest BCUT2D eigenvalue weighted by molar-refractivity contribution is 0.0750. The highest BCUT2D eigenvalue weighted by Gasteiger charge is 2.31. The zero-order chi connectivity index (χ0) is 13.1. The minimum atomic E-state index is -0.0423. The lowest BCUT2D eigenvalue weighted by Crippen LogP contribution is -2.33. The number of carbonyl (C=O) groups excluding carboxylic acids is 1. The Kier molecular flexibility index (Phi) is 3.89. The Morgan fingerprint density at radius 2 is 2.00 bits per heavy atom. The van der Waals surface area contributed by atoms with Crippen molar-refractivity contribution in [1.29, 1.82) is 0 Å². The van der Waals surface area contributed by atoms with Gasteiger partial charge in [-0.25, -0.2) is 0 Å². The van der Waals surface area contributed by atoms with Crippen molar-refractivity contribution in [2.45, 2.75) is 45.4 Å². The first kappa shape index (κ1) is 12.9. The summed E-state index contributed by atoms with van der Waals surface area (Å²) in [5, 5.41) is 7.05. The van der Waals surface area contributed by atoms with E-state index < -0.39 is 0 Å². The van der Waals surface area contributed by atoms with Crippen LogP contribution >= 0.6 is 0 Å². The molecule has 1 aliphatic carbocycles. The number of nitrogen functional groups attached to an aromatic ring is 1. The second-order valence-corrected chi connectivity index (χ2v) is 4.97. The van der Waals surface area contributed by atoms with Crippen molar-refractivity contribution in [1.82, 2.24) is 15.1 Å². The number of H-pyrrole nitrogens is 1. The predicted molar refractivity (Wildman–Crippen MR) is 71.5 cm³/mol. The summed E-state index contributed by atoms with van der Waals surface area (Å²) in [6, 6.07) is 0. The third-order valence-electron chi connectivity index (χ3n) is 3.30. The van der Waals surface area contributed by atoms with E-state index in [1.54, 1.807) is 0 Å². The van der Waals surface area contributed by atoms with Gasteiger partial charge in [-0.15, -0.1) is 0 Å². The van der Waals surface area contributed by atoms with Crippen LogP contribution < -0.4 is 5.73 Å². The molecule has 1 aliphatic rings. The van der Waals surface area contributed by atoms with Gasteiger partial charge in [-0.1, -0.05) is 13.8 Å². The Hall–Kier alpha value is -1.52. The molecule has 1 aromatic heterocycles. The number of aromatic nitrogens is 2. The van der Waals surface area contributed by atoms with E-state index in [-0.39, 0.29) is 5.91 Å². The highest BCUT2D eigenvalue weighted by Crippen LogP contribution is 2.42. The Bertz CT molecular complexity index is 417. The summed E-state index contributed by atoms with van der Waals surface area (Å²) in [7, 11) is 0. The Balaban J connectivity index is 2.15. The van der Waals surface area contributed by atoms with E-state index in [1.165, 1.54) is 0 Å². The minimum Gasteiger partial charge on any atom is -0.395 e. The van der Waals surface area contributed by atoms with Crippen LogP contribution in [0.4, 0.5) is 5.69 Å². The summed E-state index contributed by atoms with van der Waals surface area (Å²) in [6.07, 6.45) is 4.19. The summed E-state index contributed by atoms with van der Waals surface area (Å²) in [4.78, 5) is 14.2. The second-order valence-electron chi connectivity index (χ2n) is 4.97. The van der Waals surface area contributed by atoms with Crippen LogP contribution in [0.3, 0.4) is 0 Å². The van der Waals surface area contributed by atoms with E-state index >= 15 is 0 Å². The predicted octanol–water partition coefficient (Wildman–Crippen LogP) is 2.13. The smallest absolute Gasteiger partial charge is 0.276 e. The first-order valence-electron chi connectivity index (χ1n) is 6.82. The third-order valence-corrected chi connectivity index (χ3v) is 3.30. The maximum Gasteiger partial charge on any atom is 0.276 e. The van der Waals surface area contributed by atoms with Gasteiger partial charge in [0.15, 0.2) is 5.69 Å². The topological polar surface area (TPSA) is 75.0 Å². The number of carbonyl (C=O) groups is 1. The fourth-order valence-corrected chi connectivity index (χ4v) is 2.21. The van der Waals surface area contributed by atoms with E-state index in [0.717, 1.165) is 44.5 Å². The van der Waals surface area contributed by atoms with Crippen molar-refractivity contribution in [2.24, 2.45) is 0 Å². The zero-order valence-corrected chi connectivity index (χ0v) is 11.2. The fraction of sp³-hybridized carbons (Fsp3) is 0.692. The number of aromatic amines is 1. The van der Waals surface area contributed by atoms with Crippen molar-refractivity contribution in [2.75, 3.05) is 18.8 Å². The van der Waals surface area contributed by atoms with Crippen molar-refractivity contribution < 1.29 is 4.79 Å². The maximum atomic E-state index is 12.4. The molecule has 1 heterocycles. The normalized spacial score (nSPS) is 14.8. The maximum absolute atomic E-state index is 12.4. The summed E-state index contributed by atoms with van der Waals surface area (Å²) >= 11 is 0. The SMILES string of the molecule is CCCN(CCC)C(=O)c1n[nH]c(C2CC2)c1N. The van der Waals surface area contributed by atoms with Gasteiger partial charge in [-0.05, 0) is 25.7 Å². The van der Waals surface area contributed by atoms with Crippen molar-refractivity contribution >= 4 is 11.6 Å². The molecule has 1 amide bonds. The molecule has 18 heavy (non-hydrogen) atoms. The molecule has 0 spiro atoms. The minimum absolute atomic E-state index is 0.0423. The monoisotopic (exact) mass is 250 g/mol. The van der Waals surface area contributed by atoms with E-state index in [2.05, 4.69) is 24.0 Å². The van der Waals surface area contributed by atoms with Crippen molar-refractivity contribution in [3.8, 4) is 0 Å². The molecule has 100 valence electrons. The number of hydrogen-bond acceptors (Lipinski definition) is 3. The zero-order valence-electron chi connectivity index (χ0n) is 11.2. The molecule has 0 aliphatic heterocycles. The Morgan fingerprint density at radius 3 is 2.50 bits per heavy atom. The number of hydrogen-bond donors (Lipinski definition) is 2. The average molecular weight is 250 g/mol. The van der Waals surface area contributed by atoms with Gasteiger partial charge < -0.3 is 10.6 Å². The molecule has 0 saturated heterocycles. The highest BCUT2D eigenvalue weighted by atomic mass is 16.2. The van der Waals surface area contributed by atoms with Gasteiger partial charge in [0.25, 0.3) is 5.91 Å². The summed E-state index contributed by atoms with van der Waals surface area (Å²) in [5.74, 6) is 0.448. The molecule has 0 radical (unpaired) electrons. The molecular weight excluding hydrogens is 228 g/mol. The number of amides is 1. The number of nitrogens with one attached hydrogen (secondary N) is 1. The van der Waals surface area contributed by atoms with Crippen LogP contribution in [-0.4, -0.2) is 34.1 Å². The van der Waals surface area contributed by atoms with Crippen molar-refractivity contribution in [3.05, 3.63) is 11.4 Å². The van der Waals surface area contributed by atoms with Crippen LogP contribution in [0.5, 0.6) is 0 Å². The molecule has 5 heteroatoms. The molecule has 1 aromatic rings. The van der Waals surface area contributed by atoms with E-state index in [0.29, 0.717) is 17.3 Å². The molecule has 3 N–H and O–H groups in total. The van der Waals surface area contributed by atoms with Gasteiger partial charge in [-0.2, -0.15) is 5.10 Å². The largest absolute Gasteiger partial charge is 0.395 e. The molecular formula is C13H22N4O. The van der Waals surface area contributed by atoms with Gasteiger partial charge in [0.2, 0.25) is 0 Å². The molecule has 5 nitrogen and oxygen atoms in total. The molecule has 0 aromatic carbocycles. The summed E-state index contributed by atoms with van der Waals surface area (Å²) in [6.45, 7) is 5.66. The number of rotatable bonds is 6. The Morgan fingerprint density at radius 1 is 1.39 bits per heavy atom. The molecule has 0 atom stereocenters. The van der Waals surface area contributed by atoms with Crippen LogP contribution in [-0.2, 0) is 0 Å². The first-order chi connectivity index (χ1) is 8.69. The molecule has 2 rings (SSSR count).